The van der Waals surface area contributed by atoms with Crippen LogP contribution in [0.1, 0.15) is 6.92 Å². The average Bonchev–Trinajstić information content (AvgIpc) is 2.53. The minimum absolute atomic E-state index is 0.00751. The molecule has 0 atom stereocenters. The summed E-state index contributed by atoms with van der Waals surface area (Å²) in [5, 5.41) is 18.3. The van der Waals surface area contributed by atoms with Gasteiger partial charge in [-0.05, 0) is 29.2 Å². The smallest absolute Gasteiger partial charge is 0.394 e. The van der Waals surface area contributed by atoms with Crippen molar-refractivity contribution in [2.45, 2.75) is 19.9 Å². The van der Waals surface area contributed by atoms with Crippen LogP contribution in [0, 0.1) is 0 Å². The fourth-order valence-corrected chi connectivity index (χ4v) is 2.56. The molecule has 5 nitrogen and oxygen atoms in total. The van der Waals surface area contributed by atoms with Gasteiger partial charge in [-0.1, -0.05) is 25.0 Å². The zero-order chi connectivity index (χ0) is 18.2. The number of fused-ring (bicyclic) bond motifs is 1. The molecule has 3 N–H and O–H groups in total. The summed E-state index contributed by atoms with van der Waals surface area (Å²) in [7, 11) is 0. The molecule has 3 rings (SSSR count). The maximum absolute atomic E-state index is 13.4. The van der Waals surface area contributed by atoms with Gasteiger partial charge in [0.25, 0.3) is 0 Å². The van der Waals surface area contributed by atoms with Crippen molar-refractivity contribution in [3.63, 3.8) is 0 Å². The van der Waals surface area contributed by atoms with Crippen molar-refractivity contribution < 1.29 is 18.5 Å². The van der Waals surface area contributed by atoms with E-state index in [2.05, 4.69) is 10.2 Å². The lowest BCUT2D eigenvalue weighted by atomic mass is 9.64. The summed E-state index contributed by atoms with van der Waals surface area (Å²) in [6.45, 7) is 1.53. The fourth-order valence-electron chi connectivity index (χ4n) is 2.56. The molecule has 0 spiro atoms. The molecule has 0 bridgehead atoms. The molecule has 0 aliphatic rings. The van der Waals surface area contributed by atoms with Crippen LogP contribution in [0.25, 0.3) is 22.0 Å². The van der Waals surface area contributed by atoms with Crippen LogP contribution >= 0.6 is 0 Å². The predicted molar refractivity (Wildman–Crippen MR) is 94.1 cm³/mol. The maximum Gasteiger partial charge on any atom is 0.394 e. The lowest BCUT2D eigenvalue weighted by Crippen LogP contribution is -2.27. The van der Waals surface area contributed by atoms with Crippen LogP contribution in [0.4, 0.5) is 14.5 Å². The lowest BCUT2D eigenvalue weighted by molar-refractivity contribution is -0.158. The molecular formula is C17H16BF2N3O2. The summed E-state index contributed by atoms with van der Waals surface area (Å²) in [4.78, 5) is 0. The van der Waals surface area contributed by atoms with E-state index in [1.54, 1.807) is 37.2 Å². The van der Waals surface area contributed by atoms with Crippen LogP contribution in [-0.2, 0) is 0 Å². The van der Waals surface area contributed by atoms with E-state index in [1.165, 1.54) is 12.3 Å². The molecule has 0 amide bonds. The Labute approximate surface area is 143 Å². The number of hydrogen-bond acceptors (Lipinski definition) is 5. The topological polar surface area (TPSA) is 81.3 Å². The highest BCUT2D eigenvalue weighted by Gasteiger charge is 2.25. The quantitative estimate of drug-likeness (QED) is 0.712. The molecule has 0 unspecified atom stereocenters. The Morgan fingerprint density at radius 2 is 1.96 bits per heavy atom. The number of nitrogen functional groups attached to an aromatic ring is 1. The maximum atomic E-state index is 13.4. The van der Waals surface area contributed by atoms with E-state index in [-0.39, 0.29) is 5.75 Å². The third-order valence-corrected chi connectivity index (χ3v) is 3.76. The van der Waals surface area contributed by atoms with Gasteiger partial charge in [0.1, 0.15) is 5.75 Å². The van der Waals surface area contributed by atoms with Gasteiger partial charge < -0.3 is 15.5 Å². The number of rotatable bonds is 4. The minimum Gasteiger partial charge on any atom is -0.447 e. The molecule has 25 heavy (non-hydrogen) atoms. The summed E-state index contributed by atoms with van der Waals surface area (Å²) < 4.78 is 31.5. The van der Waals surface area contributed by atoms with Crippen molar-refractivity contribution in [2.75, 3.05) is 5.73 Å². The second-order valence-corrected chi connectivity index (χ2v) is 5.87. The zero-order valence-electron chi connectivity index (χ0n) is 13.7. The first kappa shape index (κ1) is 17.1. The molecule has 1 aromatic heterocycles. The number of aromatic nitrogens is 2. The van der Waals surface area contributed by atoms with E-state index >= 15 is 0 Å². The molecule has 0 aliphatic carbocycles. The Morgan fingerprint density at radius 3 is 2.64 bits per heavy atom. The summed E-state index contributed by atoms with van der Waals surface area (Å²) in [6.07, 6.45) is -1.88. The second kappa shape index (κ2) is 6.29. The number of hydrogen-bond donors (Lipinski definition) is 2. The number of ether oxygens (including phenoxy) is 1. The predicted octanol–water partition coefficient (Wildman–Crippen LogP) is 2.69. The molecule has 8 heteroatoms. The third kappa shape index (κ3) is 3.69. The summed E-state index contributed by atoms with van der Waals surface area (Å²) >= 11 is 0. The first-order valence-corrected chi connectivity index (χ1v) is 7.65. The molecular weight excluding hydrogens is 327 g/mol. The molecule has 0 radical (unpaired) electrons. The Bertz CT molecular complexity index is 929. The van der Waals surface area contributed by atoms with Gasteiger partial charge in [0.2, 0.25) is 0 Å². The molecule has 128 valence electrons. The SMILES string of the molecule is CB(O)c1ccc(OC(C)(F)F)c(-c2ccc3c(N)cnnc3c2)c1. The second-order valence-electron chi connectivity index (χ2n) is 5.87. The summed E-state index contributed by atoms with van der Waals surface area (Å²) in [5.41, 5.74) is 8.49. The number of halogens is 2. The Balaban J connectivity index is 2.18. The Morgan fingerprint density at radius 1 is 1.20 bits per heavy atom. The van der Waals surface area contributed by atoms with Crippen molar-refractivity contribution in [1.82, 2.24) is 10.2 Å². The van der Waals surface area contributed by atoms with Gasteiger partial charge >= 0.3 is 13.0 Å². The Hall–Kier alpha value is -2.74. The van der Waals surface area contributed by atoms with E-state index in [9.17, 15) is 13.8 Å². The number of nitrogens with zero attached hydrogens (tertiary/aromatic N) is 2. The van der Waals surface area contributed by atoms with Crippen LogP contribution in [0.3, 0.4) is 0 Å². The first-order valence-electron chi connectivity index (χ1n) is 7.65. The molecule has 0 fully saturated rings. The average molecular weight is 343 g/mol. The van der Waals surface area contributed by atoms with Crippen LogP contribution in [0.5, 0.6) is 5.75 Å². The van der Waals surface area contributed by atoms with E-state index < -0.39 is 13.0 Å². The third-order valence-electron chi connectivity index (χ3n) is 3.76. The van der Waals surface area contributed by atoms with Gasteiger partial charge in [0.15, 0.2) is 0 Å². The van der Waals surface area contributed by atoms with Crippen molar-refractivity contribution in [3.05, 3.63) is 42.6 Å². The molecule has 1 heterocycles. The number of nitrogens with two attached hydrogens (primary N) is 1. The molecule has 2 aromatic carbocycles. The lowest BCUT2D eigenvalue weighted by Gasteiger charge is -2.18. The first-order chi connectivity index (χ1) is 11.7. The van der Waals surface area contributed by atoms with E-state index in [0.717, 1.165) is 0 Å². The molecule has 0 aliphatic heterocycles. The minimum atomic E-state index is -3.33. The van der Waals surface area contributed by atoms with Crippen LogP contribution in [-0.4, -0.2) is 28.2 Å². The molecule has 3 aromatic rings. The Kier molecular flexibility index (Phi) is 4.30. The van der Waals surface area contributed by atoms with Crippen molar-refractivity contribution in [1.29, 1.82) is 0 Å². The zero-order valence-corrected chi connectivity index (χ0v) is 13.7. The van der Waals surface area contributed by atoms with Crippen LogP contribution in [0.15, 0.2) is 42.6 Å². The van der Waals surface area contributed by atoms with E-state index in [0.29, 0.717) is 40.1 Å². The summed E-state index contributed by atoms with van der Waals surface area (Å²) in [5.74, 6) is 0.00751. The highest BCUT2D eigenvalue weighted by Crippen LogP contribution is 2.34. The number of alkyl halides is 2. The number of benzene rings is 2. The van der Waals surface area contributed by atoms with Gasteiger partial charge in [0.05, 0.1) is 17.4 Å². The highest BCUT2D eigenvalue weighted by atomic mass is 19.3. The fraction of sp³-hybridized carbons (Fsp3) is 0.176. The standard InChI is InChI=1S/C17H16BF2N3O2/c1-17(19,20)25-16-6-4-11(18(2)24)8-13(16)10-3-5-12-14(21)9-22-23-15(12)7-10/h3-9,24H,1-2H3,(H2,21,23). The van der Waals surface area contributed by atoms with Gasteiger partial charge in [-0.2, -0.15) is 19.0 Å². The van der Waals surface area contributed by atoms with Crippen LogP contribution < -0.4 is 15.9 Å². The molecule has 0 saturated carbocycles. The monoisotopic (exact) mass is 343 g/mol. The van der Waals surface area contributed by atoms with Crippen molar-refractivity contribution in [2.24, 2.45) is 0 Å². The van der Waals surface area contributed by atoms with Crippen molar-refractivity contribution >= 4 is 29.0 Å². The summed E-state index contributed by atoms with van der Waals surface area (Å²) in [6, 6.07) is 9.77. The van der Waals surface area contributed by atoms with Gasteiger partial charge in [-0.3, -0.25) is 0 Å². The molecule has 0 saturated heterocycles. The van der Waals surface area contributed by atoms with Crippen LogP contribution in [0.2, 0.25) is 6.82 Å². The number of anilines is 1. The normalized spacial score (nSPS) is 11.6. The van der Waals surface area contributed by atoms with E-state index in [4.69, 9.17) is 10.5 Å². The largest absolute Gasteiger partial charge is 0.447 e. The van der Waals surface area contributed by atoms with Gasteiger partial charge in [0, 0.05) is 17.9 Å². The van der Waals surface area contributed by atoms with Gasteiger partial charge in [-0.25, -0.2) is 0 Å². The van der Waals surface area contributed by atoms with Gasteiger partial charge in [-0.15, -0.1) is 0 Å². The van der Waals surface area contributed by atoms with Crippen molar-refractivity contribution in [3.8, 4) is 16.9 Å². The highest BCUT2D eigenvalue weighted by molar-refractivity contribution is 6.64. The van der Waals surface area contributed by atoms with E-state index in [1.807, 2.05) is 0 Å².